The number of oxazole rings is 1. The number of fused-ring (bicyclic) bond motifs is 1. The topological polar surface area (TPSA) is 56.3 Å². The van der Waals surface area contributed by atoms with Crippen LogP contribution in [-0.2, 0) is 6.67 Å². The number of likely N-dealkylation sites (N-methyl/N-ethyl adjacent to an activating group) is 1. The van der Waals surface area contributed by atoms with Gasteiger partial charge in [0.15, 0.2) is 11.5 Å². The van der Waals surface area contributed by atoms with Crippen molar-refractivity contribution in [3.63, 3.8) is 0 Å². The van der Waals surface area contributed by atoms with E-state index in [0.717, 1.165) is 60.6 Å². The highest BCUT2D eigenvalue weighted by Gasteiger charge is 2.34. The van der Waals surface area contributed by atoms with Crippen molar-refractivity contribution in [3.05, 3.63) is 46.8 Å². The van der Waals surface area contributed by atoms with Crippen molar-refractivity contribution in [3.8, 4) is 17.2 Å². The van der Waals surface area contributed by atoms with Crippen molar-refractivity contribution in [1.82, 2.24) is 9.88 Å². The second-order valence-corrected chi connectivity index (χ2v) is 9.03. The van der Waals surface area contributed by atoms with Crippen molar-refractivity contribution in [1.29, 1.82) is 5.26 Å². The van der Waals surface area contributed by atoms with Gasteiger partial charge in [-0.2, -0.15) is 5.26 Å². The molecule has 160 valence electrons. The predicted molar refractivity (Wildman–Crippen MR) is 120 cm³/mol. The molecule has 0 radical (unpaired) electrons. The molecule has 1 aliphatic heterocycles. The first-order valence-corrected chi connectivity index (χ1v) is 11.0. The molecule has 2 aromatic carbocycles. The lowest BCUT2D eigenvalue weighted by atomic mass is 9.92. The minimum atomic E-state index is -0.518. The zero-order chi connectivity index (χ0) is 21.7. The van der Waals surface area contributed by atoms with Crippen molar-refractivity contribution < 1.29 is 8.81 Å². The third-order valence-electron chi connectivity index (χ3n) is 6.70. The summed E-state index contributed by atoms with van der Waals surface area (Å²) < 4.78 is 19.8. The Kier molecular flexibility index (Phi) is 4.94. The number of benzene rings is 2. The Morgan fingerprint density at radius 3 is 2.74 bits per heavy atom. The molecular weight excluding hydrogens is 391 g/mol. The SMILES string of the molecule is Cc1c(-c2cccc(CF)c2)c(N2CCC(N(C)C)C2)c2oc(C3CC3)nc2c1C#N. The molecule has 1 atom stereocenters. The largest absolute Gasteiger partial charge is 0.438 e. The van der Waals surface area contributed by atoms with E-state index in [4.69, 9.17) is 9.40 Å². The lowest BCUT2D eigenvalue weighted by Gasteiger charge is -2.26. The van der Waals surface area contributed by atoms with Crippen LogP contribution in [0.25, 0.3) is 22.2 Å². The molecule has 1 unspecified atom stereocenters. The van der Waals surface area contributed by atoms with E-state index in [1.165, 1.54) is 0 Å². The molecule has 0 bridgehead atoms. The van der Waals surface area contributed by atoms with Crippen LogP contribution in [0, 0.1) is 18.3 Å². The highest BCUT2D eigenvalue weighted by molar-refractivity contribution is 6.02. The first-order valence-electron chi connectivity index (χ1n) is 11.0. The minimum Gasteiger partial charge on any atom is -0.438 e. The molecule has 5 rings (SSSR count). The zero-order valence-electron chi connectivity index (χ0n) is 18.3. The summed E-state index contributed by atoms with van der Waals surface area (Å²) >= 11 is 0. The van der Waals surface area contributed by atoms with Gasteiger partial charge in [0.2, 0.25) is 0 Å². The molecule has 2 heterocycles. The van der Waals surface area contributed by atoms with Gasteiger partial charge in [0.25, 0.3) is 0 Å². The number of alkyl halides is 1. The monoisotopic (exact) mass is 418 g/mol. The van der Waals surface area contributed by atoms with E-state index in [1.807, 2.05) is 25.1 Å². The quantitative estimate of drug-likeness (QED) is 0.573. The lowest BCUT2D eigenvalue weighted by Crippen LogP contribution is -2.31. The summed E-state index contributed by atoms with van der Waals surface area (Å²) in [6, 6.07) is 10.4. The van der Waals surface area contributed by atoms with Gasteiger partial charge >= 0.3 is 0 Å². The normalized spacial score (nSPS) is 18.8. The van der Waals surface area contributed by atoms with Gasteiger partial charge in [-0.25, -0.2) is 9.37 Å². The summed E-state index contributed by atoms with van der Waals surface area (Å²) in [7, 11) is 4.22. The maximum Gasteiger partial charge on any atom is 0.198 e. The summed E-state index contributed by atoms with van der Waals surface area (Å²) in [5, 5.41) is 10.0. The van der Waals surface area contributed by atoms with Gasteiger partial charge in [-0.1, -0.05) is 18.2 Å². The number of anilines is 1. The van der Waals surface area contributed by atoms with Crippen LogP contribution in [0.2, 0.25) is 0 Å². The van der Waals surface area contributed by atoms with E-state index < -0.39 is 6.67 Å². The average Bonchev–Trinajstić information content (AvgIpc) is 3.33. The maximum absolute atomic E-state index is 13.5. The minimum absolute atomic E-state index is 0.360. The molecule has 31 heavy (non-hydrogen) atoms. The van der Waals surface area contributed by atoms with Crippen LogP contribution in [0.1, 0.15) is 47.8 Å². The number of hydrogen-bond donors (Lipinski definition) is 0. The van der Waals surface area contributed by atoms with Crippen LogP contribution < -0.4 is 4.90 Å². The number of nitrogens with zero attached hydrogens (tertiary/aromatic N) is 4. The van der Waals surface area contributed by atoms with E-state index in [1.54, 1.807) is 6.07 Å². The summed E-state index contributed by atoms with van der Waals surface area (Å²) in [5.41, 5.74) is 6.29. The molecule has 6 heteroatoms. The van der Waals surface area contributed by atoms with Crippen molar-refractivity contribution in [2.45, 2.75) is 44.8 Å². The molecule has 5 nitrogen and oxygen atoms in total. The second kappa shape index (κ2) is 7.65. The molecule has 0 spiro atoms. The third kappa shape index (κ3) is 3.37. The maximum atomic E-state index is 13.5. The van der Waals surface area contributed by atoms with Gasteiger partial charge < -0.3 is 14.2 Å². The van der Waals surface area contributed by atoms with Gasteiger partial charge in [-0.05, 0) is 63.0 Å². The smallest absolute Gasteiger partial charge is 0.198 e. The molecule has 0 amide bonds. The van der Waals surface area contributed by atoms with E-state index >= 15 is 0 Å². The summed E-state index contributed by atoms with van der Waals surface area (Å²) in [6.45, 7) is 3.24. The Balaban J connectivity index is 1.79. The molecule has 1 saturated heterocycles. The summed E-state index contributed by atoms with van der Waals surface area (Å²) in [6.07, 6.45) is 3.23. The Hall–Kier alpha value is -2.91. The number of hydrogen-bond acceptors (Lipinski definition) is 5. The Morgan fingerprint density at radius 1 is 1.29 bits per heavy atom. The van der Waals surface area contributed by atoms with Crippen LogP contribution >= 0.6 is 0 Å². The average molecular weight is 419 g/mol. The highest BCUT2D eigenvalue weighted by atomic mass is 19.1. The van der Waals surface area contributed by atoms with Gasteiger partial charge in [0.1, 0.15) is 18.3 Å². The zero-order valence-corrected chi connectivity index (χ0v) is 18.3. The third-order valence-corrected chi connectivity index (χ3v) is 6.70. The molecule has 0 N–H and O–H groups in total. The Labute approximate surface area is 182 Å². The fourth-order valence-corrected chi connectivity index (χ4v) is 4.73. The fourth-order valence-electron chi connectivity index (χ4n) is 4.73. The van der Waals surface area contributed by atoms with Crippen LogP contribution in [0.15, 0.2) is 28.7 Å². The predicted octanol–water partition coefficient (Wildman–Crippen LogP) is 5.16. The van der Waals surface area contributed by atoms with E-state index in [0.29, 0.717) is 34.2 Å². The first-order chi connectivity index (χ1) is 15.0. The molecular formula is C25H27FN4O. The lowest BCUT2D eigenvalue weighted by molar-refractivity contribution is 0.315. The van der Waals surface area contributed by atoms with Crippen LogP contribution in [-0.4, -0.2) is 43.1 Å². The summed E-state index contributed by atoms with van der Waals surface area (Å²) in [5.74, 6) is 1.10. The Bertz CT molecular complexity index is 1190. The van der Waals surface area contributed by atoms with Gasteiger partial charge in [0.05, 0.1) is 11.3 Å². The fraction of sp³-hybridized carbons (Fsp3) is 0.440. The van der Waals surface area contributed by atoms with Crippen LogP contribution in [0.5, 0.6) is 0 Å². The van der Waals surface area contributed by atoms with Crippen molar-refractivity contribution >= 4 is 16.8 Å². The van der Waals surface area contributed by atoms with E-state index in [9.17, 15) is 9.65 Å². The summed E-state index contributed by atoms with van der Waals surface area (Å²) in [4.78, 5) is 9.39. The second-order valence-electron chi connectivity index (χ2n) is 9.03. The van der Waals surface area contributed by atoms with Crippen molar-refractivity contribution in [2.75, 3.05) is 32.1 Å². The molecule has 2 aliphatic rings. The van der Waals surface area contributed by atoms with Crippen LogP contribution in [0.4, 0.5) is 10.1 Å². The number of halogens is 1. The molecule has 1 aliphatic carbocycles. The van der Waals surface area contributed by atoms with Crippen molar-refractivity contribution in [2.24, 2.45) is 0 Å². The number of aromatic nitrogens is 1. The van der Waals surface area contributed by atoms with Gasteiger partial charge in [0, 0.05) is 30.6 Å². The number of rotatable bonds is 5. The highest BCUT2D eigenvalue weighted by Crippen LogP contribution is 2.47. The van der Waals surface area contributed by atoms with Gasteiger partial charge in [-0.15, -0.1) is 0 Å². The first kappa shape index (κ1) is 20.0. The standard InChI is InChI=1S/C25H27FN4O/c1-15-20(13-27)22-24(31-25(28-22)17-7-8-17)23(30-10-9-19(14-30)29(2)3)21(15)18-6-4-5-16(11-18)12-26/h4-6,11,17,19H,7-10,12,14H2,1-3H3. The Morgan fingerprint density at radius 2 is 2.10 bits per heavy atom. The molecule has 3 aromatic rings. The van der Waals surface area contributed by atoms with E-state index in [2.05, 4.69) is 30.0 Å². The molecule has 2 fully saturated rings. The van der Waals surface area contributed by atoms with E-state index in [-0.39, 0.29) is 0 Å². The molecule has 1 aromatic heterocycles. The van der Waals surface area contributed by atoms with Crippen LogP contribution in [0.3, 0.4) is 0 Å². The molecule has 1 saturated carbocycles. The van der Waals surface area contributed by atoms with Gasteiger partial charge in [-0.3, -0.25) is 0 Å². The number of nitriles is 1.